The molecule has 0 radical (unpaired) electrons. The Morgan fingerprint density at radius 2 is 1.70 bits per heavy atom. The van der Waals surface area contributed by atoms with E-state index in [1.807, 2.05) is 12.4 Å². The highest BCUT2D eigenvalue weighted by atomic mass is 19.4. The number of ether oxygens (including phenoxy) is 1. The van der Waals surface area contributed by atoms with E-state index in [0.29, 0.717) is 11.6 Å². The molecule has 1 aromatic heterocycles. The van der Waals surface area contributed by atoms with Crippen molar-refractivity contribution in [2.45, 2.75) is 38.8 Å². The van der Waals surface area contributed by atoms with E-state index in [1.54, 1.807) is 24.3 Å². The quantitative estimate of drug-likeness (QED) is 0.685. The van der Waals surface area contributed by atoms with Crippen molar-refractivity contribution >= 4 is 0 Å². The summed E-state index contributed by atoms with van der Waals surface area (Å²) in [6.45, 7) is 2.14. The van der Waals surface area contributed by atoms with Gasteiger partial charge in [-0.25, -0.2) is 9.97 Å². The number of hydrogen-bond acceptors (Lipinski definition) is 3. The minimum atomic E-state index is -4.13. The summed E-state index contributed by atoms with van der Waals surface area (Å²) < 4.78 is 41.4. The van der Waals surface area contributed by atoms with Crippen molar-refractivity contribution in [1.82, 2.24) is 9.97 Å². The van der Waals surface area contributed by atoms with Crippen LogP contribution in [-0.2, 0) is 6.42 Å². The summed E-state index contributed by atoms with van der Waals surface area (Å²) in [5.41, 5.74) is 1.94. The molecular weight excluding hydrogens is 305 g/mol. The van der Waals surface area contributed by atoms with Gasteiger partial charge in [0, 0.05) is 24.4 Å². The molecule has 0 N–H and O–H groups in total. The van der Waals surface area contributed by atoms with Crippen molar-refractivity contribution in [3.8, 4) is 17.1 Å². The third-order valence-corrected chi connectivity index (χ3v) is 3.23. The molecule has 1 heterocycles. The Morgan fingerprint density at radius 1 is 1.04 bits per heavy atom. The topological polar surface area (TPSA) is 35.0 Å². The van der Waals surface area contributed by atoms with Crippen LogP contribution in [0.3, 0.4) is 0 Å². The summed E-state index contributed by atoms with van der Waals surface area (Å²) in [5.74, 6) is 1.16. The molecule has 0 spiro atoms. The fourth-order valence-electron chi connectivity index (χ4n) is 2.08. The van der Waals surface area contributed by atoms with Gasteiger partial charge in [0.25, 0.3) is 0 Å². The summed E-state index contributed by atoms with van der Waals surface area (Å²) in [6, 6.07) is 7.03. The molecule has 2 rings (SSSR count). The lowest BCUT2D eigenvalue weighted by Crippen LogP contribution is -2.09. The van der Waals surface area contributed by atoms with Crippen molar-refractivity contribution in [3.05, 3.63) is 42.2 Å². The van der Waals surface area contributed by atoms with Crippen LogP contribution in [0.15, 0.2) is 36.7 Å². The van der Waals surface area contributed by atoms with Crippen molar-refractivity contribution in [2.75, 3.05) is 6.61 Å². The lowest BCUT2D eigenvalue weighted by atomic mass is 10.2. The van der Waals surface area contributed by atoms with Gasteiger partial charge < -0.3 is 4.74 Å². The molecule has 0 amide bonds. The zero-order valence-corrected chi connectivity index (χ0v) is 12.9. The molecule has 0 aliphatic carbocycles. The van der Waals surface area contributed by atoms with Gasteiger partial charge in [-0.05, 0) is 42.7 Å². The molecule has 2 aromatic rings. The molecule has 6 heteroatoms. The zero-order chi connectivity index (χ0) is 16.7. The molecule has 0 atom stereocenters. The summed E-state index contributed by atoms with van der Waals surface area (Å²) in [5, 5.41) is 0. The average molecular weight is 324 g/mol. The number of aromatic nitrogens is 2. The molecule has 0 fully saturated rings. The van der Waals surface area contributed by atoms with E-state index >= 15 is 0 Å². The van der Waals surface area contributed by atoms with Gasteiger partial charge in [0.2, 0.25) is 0 Å². The van der Waals surface area contributed by atoms with E-state index in [-0.39, 0.29) is 13.0 Å². The molecule has 124 valence electrons. The number of alkyl halides is 3. The van der Waals surface area contributed by atoms with Crippen molar-refractivity contribution in [2.24, 2.45) is 0 Å². The summed E-state index contributed by atoms with van der Waals surface area (Å²) >= 11 is 0. The van der Waals surface area contributed by atoms with Crippen LogP contribution in [0, 0.1) is 0 Å². The van der Waals surface area contributed by atoms with Gasteiger partial charge >= 0.3 is 6.18 Å². The highest BCUT2D eigenvalue weighted by Gasteiger charge is 2.26. The number of halogens is 3. The van der Waals surface area contributed by atoms with E-state index in [1.165, 1.54) is 0 Å². The van der Waals surface area contributed by atoms with Crippen LogP contribution < -0.4 is 4.74 Å². The first-order valence-corrected chi connectivity index (χ1v) is 7.59. The Labute approximate surface area is 133 Å². The smallest absolute Gasteiger partial charge is 0.389 e. The van der Waals surface area contributed by atoms with Gasteiger partial charge in [-0.15, -0.1) is 0 Å². The van der Waals surface area contributed by atoms with Crippen molar-refractivity contribution < 1.29 is 17.9 Å². The average Bonchev–Trinajstić information content (AvgIpc) is 2.52. The minimum absolute atomic E-state index is 0.0427. The van der Waals surface area contributed by atoms with E-state index < -0.39 is 12.6 Å². The van der Waals surface area contributed by atoms with Gasteiger partial charge in [-0.2, -0.15) is 13.2 Å². The molecule has 1 aromatic carbocycles. The lowest BCUT2D eigenvalue weighted by Gasteiger charge is -2.08. The predicted molar refractivity (Wildman–Crippen MR) is 82.2 cm³/mol. The van der Waals surface area contributed by atoms with Gasteiger partial charge in [0.15, 0.2) is 5.82 Å². The van der Waals surface area contributed by atoms with Gasteiger partial charge in [0.1, 0.15) is 5.75 Å². The maximum Gasteiger partial charge on any atom is 0.389 e. The Morgan fingerprint density at radius 3 is 2.26 bits per heavy atom. The lowest BCUT2D eigenvalue weighted by molar-refractivity contribution is -0.136. The molecule has 0 saturated heterocycles. The Bertz CT molecular complexity index is 595. The van der Waals surface area contributed by atoms with Crippen molar-refractivity contribution in [1.29, 1.82) is 0 Å². The van der Waals surface area contributed by atoms with E-state index in [0.717, 1.165) is 24.0 Å². The van der Waals surface area contributed by atoms with Crippen LogP contribution in [0.25, 0.3) is 11.4 Å². The molecule has 0 saturated carbocycles. The van der Waals surface area contributed by atoms with Crippen LogP contribution >= 0.6 is 0 Å². The largest absolute Gasteiger partial charge is 0.494 e. The van der Waals surface area contributed by atoms with Crippen LogP contribution in [-0.4, -0.2) is 22.8 Å². The number of nitrogens with zero attached hydrogens (tertiary/aromatic N) is 2. The maximum atomic E-state index is 12.0. The standard InChI is InChI=1S/C17H19F3N2O/c1-2-4-13-11-21-16(22-12-13)14-5-7-15(8-6-14)23-10-3-9-17(18,19)20/h5-8,11-12H,2-4,9-10H2,1H3. The number of aryl methyl sites for hydroxylation is 1. The van der Waals surface area contributed by atoms with E-state index in [9.17, 15) is 13.2 Å². The fraction of sp³-hybridized carbons (Fsp3) is 0.412. The second-order valence-electron chi connectivity index (χ2n) is 5.26. The summed E-state index contributed by atoms with van der Waals surface area (Å²) in [7, 11) is 0. The number of benzene rings is 1. The van der Waals surface area contributed by atoms with Crippen LogP contribution in [0.2, 0.25) is 0 Å². The first-order valence-electron chi connectivity index (χ1n) is 7.59. The van der Waals surface area contributed by atoms with Gasteiger partial charge in [-0.3, -0.25) is 0 Å². The molecular formula is C17H19F3N2O. The Balaban J connectivity index is 1.89. The molecule has 3 nitrogen and oxygen atoms in total. The highest BCUT2D eigenvalue weighted by molar-refractivity contribution is 5.55. The van der Waals surface area contributed by atoms with Gasteiger partial charge in [0.05, 0.1) is 6.61 Å². The third-order valence-electron chi connectivity index (χ3n) is 3.23. The van der Waals surface area contributed by atoms with Crippen LogP contribution in [0.4, 0.5) is 13.2 Å². The van der Waals surface area contributed by atoms with Crippen molar-refractivity contribution in [3.63, 3.8) is 0 Å². The monoisotopic (exact) mass is 324 g/mol. The third kappa shape index (κ3) is 5.88. The predicted octanol–water partition coefficient (Wildman–Crippen LogP) is 4.82. The first-order chi connectivity index (χ1) is 11.0. The summed E-state index contributed by atoms with van der Waals surface area (Å²) in [4.78, 5) is 8.65. The molecule has 0 aliphatic rings. The number of rotatable bonds is 7. The van der Waals surface area contributed by atoms with Crippen LogP contribution in [0.5, 0.6) is 5.75 Å². The van der Waals surface area contributed by atoms with Gasteiger partial charge in [-0.1, -0.05) is 13.3 Å². The maximum absolute atomic E-state index is 12.0. The zero-order valence-electron chi connectivity index (χ0n) is 12.9. The Hall–Kier alpha value is -2.11. The highest BCUT2D eigenvalue weighted by Crippen LogP contribution is 2.22. The van der Waals surface area contributed by atoms with E-state index in [4.69, 9.17) is 4.74 Å². The molecule has 0 aliphatic heterocycles. The van der Waals surface area contributed by atoms with Crippen LogP contribution in [0.1, 0.15) is 31.7 Å². The Kier molecular flexibility index (Phi) is 5.96. The molecule has 23 heavy (non-hydrogen) atoms. The van der Waals surface area contributed by atoms with E-state index in [2.05, 4.69) is 16.9 Å². The summed E-state index contributed by atoms with van der Waals surface area (Å²) in [6.07, 6.45) is 0.611. The SMILES string of the molecule is CCCc1cnc(-c2ccc(OCCCC(F)(F)F)cc2)nc1. The fourth-order valence-corrected chi connectivity index (χ4v) is 2.08. The molecule has 0 unspecified atom stereocenters. The second kappa shape index (κ2) is 7.94. The number of hydrogen-bond donors (Lipinski definition) is 0. The first kappa shape index (κ1) is 17.2. The normalized spacial score (nSPS) is 11.5. The minimum Gasteiger partial charge on any atom is -0.494 e. The molecule has 0 bridgehead atoms. The second-order valence-corrected chi connectivity index (χ2v) is 5.26.